The van der Waals surface area contributed by atoms with Gasteiger partial charge in [-0.3, -0.25) is 0 Å². The van der Waals surface area contributed by atoms with E-state index in [4.69, 9.17) is 11.0 Å². The van der Waals surface area contributed by atoms with Crippen LogP contribution in [0.4, 0.5) is 21.5 Å². The van der Waals surface area contributed by atoms with Gasteiger partial charge in [-0.05, 0) is 42.8 Å². The Bertz CT molecular complexity index is 629. The van der Waals surface area contributed by atoms with Crippen molar-refractivity contribution in [3.05, 3.63) is 53.3 Å². The highest BCUT2D eigenvalue weighted by molar-refractivity contribution is 5.70. The molecule has 18 heavy (non-hydrogen) atoms. The van der Waals surface area contributed by atoms with Gasteiger partial charge in [0.15, 0.2) is 0 Å². The molecule has 2 aromatic rings. The minimum absolute atomic E-state index is 0.261. The summed E-state index contributed by atoms with van der Waals surface area (Å²) in [7, 11) is 0. The standard InChI is InChI=1S/C14H12FN3/c1-9-2-4-12(17)7-14(9)18-13-5-3-11(15)6-10(13)8-16/h2-7,18H,17H2,1H3. The van der Waals surface area contributed by atoms with Gasteiger partial charge in [0.05, 0.1) is 11.3 Å². The molecular weight excluding hydrogens is 229 g/mol. The van der Waals surface area contributed by atoms with Crippen molar-refractivity contribution in [1.82, 2.24) is 0 Å². The summed E-state index contributed by atoms with van der Waals surface area (Å²) in [4.78, 5) is 0. The lowest BCUT2D eigenvalue weighted by molar-refractivity contribution is 0.627. The summed E-state index contributed by atoms with van der Waals surface area (Å²) in [6.07, 6.45) is 0. The molecule has 0 unspecified atom stereocenters. The SMILES string of the molecule is Cc1ccc(N)cc1Nc1ccc(F)cc1C#N. The van der Waals surface area contributed by atoms with Crippen LogP contribution in [0.3, 0.4) is 0 Å². The van der Waals surface area contributed by atoms with Crippen LogP contribution in [0, 0.1) is 24.1 Å². The van der Waals surface area contributed by atoms with Gasteiger partial charge < -0.3 is 11.1 Å². The Morgan fingerprint density at radius 3 is 2.67 bits per heavy atom. The van der Waals surface area contributed by atoms with E-state index in [0.717, 1.165) is 11.3 Å². The summed E-state index contributed by atoms with van der Waals surface area (Å²) in [5.41, 5.74) is 8.96. The highest BCUT2D eigenvalue weighted by atomic mass is 19.1. The van der Waals surface area contributed by atoms with Crippen LogP contribution < -0.4 is 11.1 Å². The van der Waals surface area contributed by atoms with E-state index < -0.39 is 5.82 Å². The monoisotopic (exact) mass is 241 g/mol. The van der Waals surface area contributed by atoms with Crippen LogP contribution in [-0.2, 0) is 0 Å². The predicted octanol–water partition coefficient (Wildman–Crippen LogP) is 3.33. The number of anilines is 3. The molecule has 0 aromatic heterocycles. The molecule has 0 saturated heterocycles. The lowest BCUT2D eigenvalue weighted by Crippen LogP contribution is -1.97. The van der Waals surface area contributed by atoms with Crippen molar-refractivity contribution in [2.45, 2.75) is 6.92 Å². The smallest absolute Gasteiger partial charge is 0.124 e. The number of nitrogens with two attached hydrogens (primary N) is 1. The van der Waals surface area contributed by atoms with Crippen molar-refractivity contribution in [2.75, 3.05) is 11.1 Å². The fourth-order valence-electron chi connectivity index (χ4n) is 1.64. The molecule has 0 heterocycles. The number of aryl methyl sites for hydroxylation is 1. The van der Waals surface area contributed by atoms with Crippen LogP contribution in [0.1, 0.15) is 11.1 Å². The normalized spacial score (nSPS) is 9.83. The van der Waals surface area contributed by atoms with Crippen molar-refractivity contribution < 1.29 is 4.39 Å². The molecule has 0 fully saturated rings. The van der Waals surface area contributed by atoms with E-state index in [2.05, 4.69) is 5.32 Å². The first-order chi connectivity index (χ1) is 8.60. The highest BCUT2D eigenvalue weighted by Gasteiger charge is 2.06. The second kappa shape index (κ2) is 4.76. The third kappa shape index (κ3) is 2.41. The minimum atomic E-state index is -0.429. The second-order valence-electron chi connectivity index (χ2n) is 4.00. The molecule has 0 radical (unpaired) electrons. The van der Waals surface area contributed by atoms with Crippen LogP contribution in [0.25, 0.3) is 0 Å². The number of benzene rings is 2. The predicted molar refractivity (Wildman–Crippen MR) is 70.0 cm³/mol. The lowest BCUT2D eigenvalue weighted by atomic mass is 10.1. The third-order valence-corrected chi connectivity index (χ3v) is 2.63. The lowest BCUT2D eigenvalue weighted by Gasteiger charge is -2.11. The van der Waals surface area contributed by atoms with E-state index in [0.29, 0.717) is 11.4 Å². The molecule has 0 atom stereocenters. The molecule has 90 valence electrons. The summed E-state index contributed by atoms with van der Waals surface area (Å²) < 4.78 is 13.0. The Hall–Kier alpha value is -2.54. The topological polar surface area (TPSA) is 61.8 Å². The molecule has 3 nitrogen and oxygen atoms in total. The Balaban J connectivity index is 2.40. The van der Waals surface area contributed by atoms with Gasteiger partial charge in [0.25, 0.3) is 0 Å². The van der Waals surface area contributed by atoms with E-state index >= 15 is 0 Å². The number of nitrogens with one attached hydrogen (secondary N) is 1. The molecular formula is C14H12FN3. The van der Waals surface area contributed by atoms with E-state index in [9.17, 15) is 4.39 Å². The van der Waals surface area contributed by atoms with Crippen molar-refractivity contribution in [3.8, 4) is 6.07 Å². The van der Waals surface area contributed by atoms with Gasteiger partial charge >= 0.3 is 0 Å². The number of nitrogen functional groups attached to an aromatic ring is 1. The zero-order valence-electron chi connectivity index (χ0n) is 9.87. The van der Waals surface area contributed by atoms with Gasteiger partial charge in [-0.25, -0.2) is 4.39 Å². The molecule has 3 N–H and O–H groups in total. The summed E-state index contributed by atoms with van der Waals surface area (Å²) in [6.45, 7) is 1.93. The maximum atomic E-state index is 13.0. The van der Waals surface area contributed by atoms with Gasteiger partial charge in [-0.1, -0.05) is 6.07 Å². The summed E-state index contributed by atoms with van der Waals surface area (Å²) in [6, 6.07) is 11.5. The molecule has 0 aliphatic rings. The van der Waals surface area contributed by atoms with Crippen molar-refractivity contribution in [3.63, 3.8) is 0 Å². The molecule has 0 spiro atoms. The van der Waals surface area contributed by atoms with Crippen LogP contribution in [0.5, 0.6) is 0 Å². The number of halogens is 1. The number of hydrogen-bond acceptors (Lipinski definition) is 3. The average Bonchev–Trinajstić information content (AvgIpc) is 2.36. The molecule has 2 rings (SSSR count). The fraction of sp³-hybridized carbons (Fsp3) is 0.0714. The Labute approximate surface area is 105 Å². The van der Waals surface area contributed by atoms with E-state index in [1.165, 1.54) is 18.2 Å². The first-order valence-electron chi connectivity index (χ1n) is 5.43. The van der Waals surface area contributed by atoms with Crippen LogP contribution in [-0.4, -0.2) is 0 Å². The molecule has 2 aromatic carbocycles. The first-order valence-corrected chi connectivity index (χ1v) is 5.43. The van der Waals surface area contributed by atoms with Gasteiger partial charge in [0.1, 0.15) is 11.9 Å². The van der Waals surface area contributed by atoms with Gasteiger partial charge in [0, 0.05) is 11.4 Å². The fourth-order valence-corrected chi connectivity index (χ4v) is 1.64. The van der Waals surface area contributed by atoms with E-state index in [1.807, 2.05) is 19.1 Å². The quantitative estimate of drug-likeness (QED) is 0.793. The molecule has 0 aliphatic heterocycles. The van der Waals surface area contributed by atoms with Crippen molar-refractivity contribution >= 4 is 17.1 Å². The number of nitrogens with zero attached hydrogens (tertiary/aromatic N) is 1. The Morgan fingerprint density at radius 2 is 1.94 bits per heavy atom. The van der Waals surface area contributed by atoms with E-state index in [-0.39, 0.29) is 5.56 Å². The summed E-state index contributed by atoms with van der Waals surface area (Å²) in [5, 5.41) is 12.1. The third-order valence-electron chi connectivity index (χ3n) is 2.63. The van der Waals surface area contributed by atoms with Crippen molar-refractivity contribution in [2.24, 2.45) is 0 Å². The molecule has 4 heteroatoms. The van der Waals surface area contributed by atoms with Crippen LogP contribution in [0.15, 0.2) is 36.4 Å². The molecule has 0 bridgehead atoms. The van der Waals surface area contributed by atoms with Gasteiger partial charge in [0.2, 0.25) is 0 Å². The first kappa shape index (κ1) is 11.9. The van der Waals surface area contributed by atoms with Crippen LogP contribution >= 0.6 is 0 Å². The maximum Gasteiger partial charge on any atom is 0.124 e. The molecule has 0 aliphatic carbocycles. The number of hydrogen-bond donors (Lipinski definition) is 2. The van der Waals surface area contributed by atoms with Crippen molar-refractivity contribution in [1.29, 1.82) is 5.26 Å². The molecule has 0 saturated carbocycles. The summed E-state index contributed by atoms with van der Waals surface area (Å²) in [5.74, 6) is -0.429. The van der Waals surface area contributed by atoms with Crippen LogP contribution in [0.2, 0.25) is 0 Å². The zero-order chi connectivity index (χ0) is 13.1. The van der Waals surface area contributed by atoms with E-state index in [1.54, 1.807) is 12.1 Å². The number of rotatable bonds is 2. The van der Waals surface area contributed by atoms with Gasteiger partial charge in [-0.15, -0.1) is 0 Å². The second-order valence-corrected chi connectivity index (χ2v) is 4.00. The Morgan fingerprint density at radius 1 is 1.17 bits per heavy atom. The largest absolute Gasteiger partial charge is 0.399 e. The highest BCUT2D eigenvalue weighted by Crippen LogP contribution is 2.25. The Kier molecular flexibility index (Phi) is 3.16. The minimum Gasteiger partial charge on any atom is -0.399 e. The average molecular weight is 241 g/mol. The number of nitriles is 1. The van der Waals surface area contributed by atoms with Gasteiger partial charge in [-0.2, -0.15) is 5.26 Å². The molecule has 0 amide bonds. The summed E-state index contributed by atoms with van der Waals surface area (Å²) >= 11 is 0. The maximum absolute atomic E-state index is 13.0. The zero-order valence-corrected chi connectivity index (χ0v) is 9.87.